The van der Waals surface area contributed by atoms with E-state index < -0.39 is 0 Å². The van der Waals surface area contributed by atoms with Crippen LogP contribution in [0.5, 0.6) is 5.75 Å². The van der Waals surface area contributed by atoms with Gasteiger partial charge in [0.2, 0.25) is 0 Å². The molecule has 2 aromatic rings. The van der Waals surface area contributed by atoms with E-state index in [9.17, 15) is 0 Å². The Labute approximate surface area is 110 Å². The van der Waals surface area contributed by atoms with E-state index in [1.54, 1.807) is 13.2 Å². The average Bonchev–Trinajstić information content (AvgIpc) is 2.36. The van der Waals surface area contributed by atoms with E-state index in [0.29, 0.717) is 22.3 Å². The molecule has 0 aliphatic heterocycles. The number of nitrogens with two attached hydrogens (primary N) is 1. The quantitative estimate of drug-likeness (QED) is 0.892. The lowest BCUT2D eigenvalue weighted by molar-refractivity contribution is 0.416. The van der Waals surface area contributed by atoms with Crippen molar-refractivity contribution in [2.75, 3.05) is 18.2 Å². The highest BCUT2D eigenvalue weighted by Gasteiger charge is 2.09. The average molecular weight is 265 g/mol. The Kier molecular flexibility index (Phi) is 3.53. The van der Waals surface area contributed by atoms with Gasteiger partial charge in [-0.25, -0.2) is 9.97 Å². The Hall–Kier alpha value is -2.01. The molecule has 0 spiro atoms. The third kappa shape index (κ3) is 2.46. The zero-order valence-electron chi connectivity index (χ0n) is 10.1. The Morgan fingerprint density at radius 1 is 1.39 bits per heavy atom. The topological polar surface area (TPSA) is 73.1 Å². The van der Waals surface area contributed by atoms with Crippen molar-refractivity contribution >= 4 is 28.8 Å². The number of halogens is 1. The number of hydrogen-bond acceptors (Lipinski definition) is 5. The number of methoxy groups -OCH3 is 1. The van der Waals surface area contributed by atoms with Gasteiger partial charge in [-0.2, -0.15) is 0 Å². The van der Waals surface area contributed by atoms with E-state index >= 15 is 0 Å². The number of aryl methyl sites for hydroxylation is 1. The summed E-state index contributed by atoms with van der Waals surface area (Å²) in [5.74, 6) is 1.16. The standard InChI is InChI=1S/C12H13ClN4O/c1-7-3-10(11(18-2)4-8(7)13)17-12-9(14)5-15-6-16-12/h3-6H,14H2,1-2H3,(H,15,16,17). The molecule has 1 aromatic heterocycles. The summed E-state index contributed by atoms with van der Waals surface area (Å²) in [5.41, 5.74) is 7.93. The SMILES string of the molecule is COc1cc(Cl)c(C)cc1Nc1ncncc1N. The van der Waals surface area contributed by atoms with E-state index in [-0.39, 0.29) is 0 Å². The normalized spacial score (nSPS) is 10.2. The molecule has 1 heterocycles. The lowest BCUT2D eigenvalue weighted by Gasteiger charge is -2.13. The predicted molar refractivity (Wildman–Crippen MR) is 72.5 cm³/mol. The molecular formula is C12H13ClN4O. The molecule has 18 heavy (non-hydrogen) atoms. The fourth-order valence-electron chi connectivity index (χ4n) is 1.50. The summed E-state index contributed by atoms with van der Waals surface area (Å²) in [6.07, 6.45) is 2.96. The zero-order chi connectivity index (χ0) is 13.1. The summed E-state index contributed by atoms with van der Waals surface area (Å²) >= 11 is 6.04. The van der Waals surface area contributed by atoms with Gasteiger partial charge in [0.25, 0.3) is 0 Å². The molecule has 1 aromatic carbocycles. The lowest BCUT2D eigenvalue weighted by atomic mass is 10.2. The van der Waals surface area contributed by atoms with Crippen LogP contribution >= 0.6 is 11.6 Å². The van der Waals surface area contributed by atoms with E-state index in [2.05, 4.69) is 15.3 Å². The van der Waals surface area contributed by atoms with Gasteiger partial charge >= 0.3 is 0 Å². The number of ether oxygens (including phenoxy) is 1. The highest BCUT2D eigenvalue weighted by atomic mass is 35.5. The number of aromatic nitrogens is 2. The van der Waals surface area contributed by atoms with Crippen LogP contribution in [0.3, 0.4) is 0 Å². The van der Waals surface area contributed by atoms with Crippen LogP contribution in [0, 0.1) is 6.92 Å². The van der Waals surface area contributed by atoms with Crippen LogP contribution < -0.4 is 15.8 Å². The number of nitrogens with one attached hydrogen (secondary N) is 1. The van der Waals surface area contributed by atoms with Gasteiger partial charge < -0.3 is 15.8 Å². The molecule has 5 nitrogen and oxygen atoms in total. The highest BCUT2D eigenvalue weighted by molar-refractivity contribution is 6.31. The van der Waals surface area contributed by atoms with Gasteiger partial charge in [0, 0.05) is 11.1 Å². The highest BCUT2D eigenvalue weighted by Crippen LogP contribution is 2.33. The number of hydrogen-bond donors (Lipinski definition) is 2. The van der Waals surface area contributed by atoms with E-state index in [1.165, 1.54) is 12.5 Å². The summed E-state index contributed by atoms with van der Waals surface area (Å²) < 4.78 is 5.26. The van der Waals surface area contributed by atoms with Crippen LogP contribution in [0.25, 0.3) is 0 Å². The summed E-state index contributed by atoms with van der Waals surface area (Å²) in [7, 11) is 1.58. The predicted octanol–water partition coefficient (Wildman–Crippen LogP) is 2.77. The number of rotatable bonds is 3. The molecule has 0 atom stereocenters. The van der Waals surface area contributed by atoms with Gasteiger partial charge in [-0.1, -0.05) is 11.6 Å². The summed E-state index contributed by atoms with van der Waals surface area (Å²) in [6, 6.07) is 3.62. The van der Waals surface area contributed by atoms with Gasteiger partial charge in [-0.15, -0.1) is 0 Å². The minimum Gasteiger partial charge on any atom is -0.495 e. The molecule has 0 saturated heterocycles. The summed E-state index contributed by atoms with van der Waals surface area (Å²) in [5, 5.41) is 3.75. The molecule has 0 aliphatic carbocycles. The summed E-state index contributed by atoms with van der Waals surface area (Å²) in [6.45, 7) is 1.91. The van der Waals surface area contributed by atoms with Gasteiger partial charge in [0.05, 0.1) is 24.7 Å². The third-order valence-corrected chi connectivity index (χ3v) is 2.88. The molecule has 94 valence electrons. The lowest BCUT2D eigenvalue weighted by Crippen LogP contribution is -2.01. The number of benzene rings is 1. The minimum absolute atomic E-state index is 0.465. The van der Waals surface area contributed by atoms with Crippen molar-refractivity contribution in [1.82, 2.24) is 9.97 Å². The molecule has 6 heteroatoms. The second-order valence-electron chi connectivity index (χ2n) is 3.75. The first-order valence-corrected chi connectivity index (χ1v) is 5.66. The van der Waals surface area contributed by atoms with Crippen molar-refractivity contribution < 1.29 is 4.74 Å². The Morgan fingerprint density at radius 2 is 2.17 bits per heavy atom. The molecule has 0 unspecified atom stereocenters. The molecule has 0 saturated carbocycles. The van der Waals surface area contributed by atoms with Crippen LogP contribution in [-0.2, 0) is 0 Å². The molecule has 0 radical (unpaired) electrons. The zero-order valence-corrected chi connectivity index (χ0v) is 10.8. The Morgan fingerprint density at radius 3 is 2.83 bits per heavy atom. The first-order valence-electron chi connectivity index (χ1n) is 5.28. The van der Waals surface area contributed by atoms with Crippen molar-refractivity contribution in [2.45, 2.75) is 6.92 Å². The Bertz CT molecular complexity index is 574. The van der Waals surface area contributed by atoms with Crippen molar-refractivity contribution in [2.24, 2.45) is 0 Å². The van der Waals surface area contributed by atoms with Gasteiger partial charge in [0.1, 0.15) is 12.1 Å². The van der Waals surface area contributed by atoms with E-state index in [1.807, 2.05) is 13.0 Å². The van der Waals surface area contributed by atoms with Crippen LogP contribution in [0.1, 0.15) is 5.56 Å². The van der Waals surface area contributed by atoms with E-state index in [0.717, 1.165) is 11.3 Å². The first kappa shape index (κ1) is 12.4. The van der Waals surface area contributed by atoms with Crippen molar-refractivity contribution in [1.29, 1.82) is 0 Å². The fraction of sp³-hybridized carbons (Fsp3) is 0.167. The molecule has 0 amide bonds. The second kappa shape index (κ2) is 5.10. The second-order valence-corrected chi connectivity index (χ2v) is 4.16. The Balaban J connectivity index is 2.40. The van der Waals surface area contributed by atoms with Crippen molar-refractivity contribution in [3.8, 4) is 5.75 Å². The summed E-state index contributed by atoms with van der Waals surface area (Å²) in [4.78, 5) is 7.90. The maximum Gasteiger partial charge on any atom is 0.157 e. The smallest absolute Gasteiger partial charge is 0.157 e. The van der Waals surface area contributed by atoms with Crippen molar-refractivity contribution in [3.63, 3.8) is 0 Å². The third-order valence-electron chi connectivity index (χ3n) is 2.47. The van der Waals surface area contributed by atoms with Gasteiger partial charge in [-0.3, -0.25) is 0 Å². The number of nitrogens with zero attached hydrogens (tertiary/aromatic N) is 2. The molecule has 2 rings (SSSR count). The molecule has 0 aliphatic rings. The number of anilines is 3. The van der Waals surface area contributed by atoms with Gasteiger partial charge in [-0.05, 0) is 18.6 Å². The van der Waals surface area contributed by atoms with Crippen molar-refractivity contribution in [3.05, 3.63) is 35.2 Å². The maximum atomic E-state index is 6.04. The van der Waals surface area contributed by atoms with Crippen LogP contribution in [0.2, 0.25) is 5.02 Å². The number of nitrogen functional groups attached to an aromatic ring is 1. The molecule has 0 fully saturated rings. The van der Waals surface area contributed by atoms with Gasteiger partial charge in [0.15, 0.2) is 5.82 Å². The van der Waals surface area contributed by atoms with Crippen LogP contribution in [0.15, 0.2) is 24.7 Å². The minimum atomic E-state index is 0.465. The van der Waals surface area contributed by atoms with Crippen LogP contribution in [0.4, 0.5) is 17.2 Å². The largest absolute Gasteiger partial charge is 0.495 e. The maximum absolute atomic E-state index is 6.04. The first-order chi connectivity index (χ1) is 8.61. The fourth-order valence-corrected chi connectivity index (χ4v) is 1.66. The molecular weight excluding hydrogens is 252 g/mol. The molecule has 0 bridgehead atoms. The van der Waals surface area contributed by atoms with E-state index in [4.69, 9.17) is 22.1 Å². The molecule has 3 N–H and O–H groups in total. The monoisotopic (exact) mass is 264 g/mol. The van der Waals surface area contributed by atoms with Crippen LogP contribution in [-0.4, -0.2) is 17.1 Å².